The smallest absolute Gasteiger partial charge is 0.319 e. The van der Waals surface area contributed by atoms with Crippen LogP contribution in [0.3, 0.4) is 0 Å². The fraction of sp³-hybridized carbons (Fsp3) is 0.381. The number of benzene rings is 2. The van der Waals surface area contributed by atoms with E-state index in [1.807, 2.05) is 37.3 Å². The minimum Gasteiger partial charge on any atom is -0.497 e. The summed E-state index contributed by atoms with van der Waals surface area (Å²) in [4.78, 5) is 14.5. The number of anilines is 2. The summed E-state index contributed by atoms with van der Waals surface area (Å²) >= 11 is 0. The molecular weight excluding hydrogens is 326 g/mol. The van der Waals surface area contributed by atoms with Gasteiger partial charge in [0.1, 0.15) is 5.75 Å². The summed E-state index contributed by atoms with van der Waals surface area (Å²) in [7, 11) is 1.68. The van der Waals surface area contributed by atoms with E-state index in [1.54, 1.807) is 7.11 Å². The van der Waals surface area contributed by atoms with Crippen molar-refractivity contribution >= 4 is 17.4 Å². The SMILES string of the molecule is COc1ccc(N2CC[C@@H](CNC(=O)Nc3ccc(C)c(C)c3)C2)cc1. The first-order chi connectivity index (χ1) is 12.5. The van der Waals surface area contributed by atoms with Crippen molar-refractivity contribution in [3.63, 3.8) is 0 Å². The van der Waals surface area contributed by atoms with Crippen LogP contribution in [0.5, 0.6) is 5.75 Å². The van der Waals surface area contributed by atoms with Gasteiger partial charge in [0, 0.05) is 31.0 Å². The van der Waals surface area contributed by atoms with Crippen LogP contribution in [0.1, 0.15) is 17.5 Å². The molecule has 0 unspecified atom stereocenters. The number of ether oxygens (including phenoxy) is 1. The molecule has 0 aliphatic carbocycles. The van der Waals surface area contributed by atoms with E-state index in [-0.39, 0.29) is 6.03 Å². The van der Waals surface area contributed by atoms with Crippen LogP contribution in [0, 0.1) is 19.8 Å². The maximum absolute atomic E-state index is 12.1. The quantitative estimate of drug-likeness (QED) is 0.855. The van der Waals surface area contributed by atoms with Crippen molar-refractivity contribution in [3.8, 4) is 5.75 Å². The molecule has 3 rings (SSSR count). The van der Waals surface area contributed by atoms with Crippen molar-refractivity contribution in [1.82, 2.24) is 5.32 Å². The predicted octanol–water partition coefficient (Wildman–Crippen LogP) is 3.96. The number of methoxy groups -OCH3 is 1. The Morgan fingerprint density at radius 1 is 1.15 bits per heavy atom. The number of carbonyl (C=O) groups excluding carboxylic acids is 1. The van der Waals surface area contributed by atoms with Gasteiger partial charge < -0.3 is 20.3 Å². The van der Waals surface area contributed by atoms with Gasteiger partial charge in [0.05, 0.1) is 7.11 Å². The van der Waals surface area contributed by atoms with Gasteiger partial charge >= 0.3 is 6.03 Å². The summed E-state index contributed by atoms with van der Waals surface area (Å²) in [5.41, 5.74) is 4.43. The summed E-state index contributed by atoms with van der Waals surface area (Å²) < 4.78 is 5.21. The third-order valence-corrected chi connectivity index (χ3v) is 5.04. The fourth-order valence-corrected chi connectivity index (χ4v) is 3.26. The van der Waals surface area contributed by atoms with Crippen molar-refractivity contribution in [2.24, 2.45) is 5.92 Å². The second kappa shape index (κ2) is 8.13. The number of carbonyl (C=O) groups is 1. The van der Waals surface area contributed by atoms with Crippen molar-refractivity contribution in [1.29, 1.82) is 0 Å². The molecule has 1 atom stereocenters. The largest absolute Gasteiger partial charge is 0.497 e. The molecule has 1 heterocycles. The number of nitrogens with zero attached hydrogens (tertiary/aromatic N) is 1. The second-order valence-corrected chi connectivity index (χ2v) is 6.93. The summed E-state index contributed by atoms with van der Waals surface area (Å²) in [5, 5.41) is 5.91. The van der Waals surface area contributed by atoms with Gasteiger partial charge in [-0.15, -0.1) is 0 Å². The van der Waals surface area contributed by atoms with Crippen molar-refractivity contribution in [3.05, 3.63) is 53.6 Å². The summed E-state index contributed by atoms with van der Waals surface area (Å²) in [6.07, 6.45) is 1.08. The van der Waals surface area contributed by atoms with Gasteiger partial charge in [-0.25, -0.2) is 4.79 Å². The Bertz CT molecular complexity index is 758. The van der Waals surface area contributed by atoms with Crippen LogP contribution in [0.15, 0.2) is 42.5 Å². The lowest BCUT2D eigenvalue weighted by Crippen LogP contribution is -2.34. The molecule has 0 radical (unpaired) electrons. The monoisotopic (exact) mass is 353 g/mol. The third-order valence-electron chi connectivity index (χ3n) is 5.04. The van der Waals surface area contributed by atoms with Crippen LogP contribution in [0.2, 0.25) is 0 Å². The number of hydrogen-bond acceptors (Lipinski definition) is 3. The average Bonchev–Trinajstić information content (AvgIpc) is 3.12. The third kappa shape index (κ3) is 4.48. The molecule has 2 N–H and O–H groups in total. The molecule has 2 aromatic rings. The van der Waals surface area contributed by atoms with E-state index in [0.29, 0.717) is 12.5 Å². The van der Waals surface area contributed by atoms with Crippen LogP contribution >= 0.6 is 0 Å². The Morgan fingerprint density at radius 2 is 1.92 bits per heavy atom. The Morgan fingerprint density at radius 3 is 2.62 bits per heavy atom. The lowest BCUT2D eigenvalue weighted by Gasteiger charge is -2.19. The molecule has 26 heavy (non-hydrogen) atoms. The molecule has 2 aromatic carbocycles. The van der Waals surface area contributed by atoms with Crippen LogP contribution in [-0.4, -0.2) is 32.8 Å². The van der Waals surface area contributed by atoms with E-state index < -0.39 is 0 Å². The highest BCUT2D eigenvalue weighted by Crippen LogP contribution is 2.25. The number of amides is 2. The van der Waals surface area contributed by atoms with Gasteiger partial charge in [-0.3, -0.25) is 0 Å². The first-order valence-electron chi connectivity index (χ1n) is 9.06. The van der Waals surface area contributed by atoms with Gasteiger partial charge in [0.15, 0.2) is 0 Å². The highest BCUT2D eigenvalue weighted by molar-refractivity contribution is 5.89. The first-order valence-corrected chi connectivity index (χ1v) is 9.06. The van der Waals surface area contributed by atoms with Gasteiger partial charge in [-0.1, -0.05) is 6.07 Å². The zero-order valence-electron chi connectivity index (χ0n) is 15.7. The standard InChI is InChI=1S/C21H27N3O2/c1-15-4-5-18(12-16(15)2)23-21(25)22-13-17-10-11-24(14-17)19-6-8-20(26-3)9-7-19/h4-9,12,17H,10-11,13-14H2,1-3H3,(H2,22,23,25)/t17-/m0/s1. The van der Waals surface area contributed by atoms with E-state index in [2.05, 4.69) is 34.6 Å². The van der Waals surface area contributed by atoms with Gasteiger partial charge in [-0.2, -0.15) is 0 Å². The molecule has 0 aromatic heterocycles. The molecule has 0 spiro atoms. The van der Waals surface area contributed by atoms with Crippen molar-refractivity contribution in [2.45, 2.75) is 20.3 Å². The molecule has 0 saturated carbocycles. The summed E-state index contributed by atoms with van der Waals surface area (Å²) in [6.45, 7) is 6.76. The van der Waals surface area contributed by atoms with Crippen molar-refractivity contribution in [2.75, 3.05) is 37.0 Å². The lowest BCUT2D eigenvalue weighted by molar-refractivity contribution is 0.250. The number of hydrogen-bond donors (Lipinski definition) is 2. The molecule has 138 valence electrons. The summed E-state index contributed by atoms with van der Waals surface area (Å²) in [5.74, 6) is 1.33. The van der Waals surface area contributed by atoms with Crippen LogP contribution < -0.4 is 20.3 Å². The molecule has 5 heteroatoms. The van der Waals surface area contributed by atoms with Crippen LogP contribution in [0.25, 0.3) is 0 Å². The van der Waals surface area contributed by atoms with Gasteiger partial charge in [-0.05, 0) is 73.7 Å². The van der Waals surface area contributed by atoms with E-state index in [0.717, 1.165) is 30.9 Å². The Hall–Kier alpha value is -2.69. The van der Waals surface area contributed by atoms with Gasteiger partial charge in [0.25, 0.3) is 0 Å². The van der Waals surface area contributed by atoms with Gasteiger partial charge in [0.2, 0.25) is 0 Å². The molecular formula is C21H27N3O2. The Kier molecular flexibility index (Phi) is 5.66. The molecule has 0 bridgehead atoms. The van der Waals surface area contributed by atoms with Crippen LogP contribution in [0.4, 0.5) is 16.2 Å². The van der Waals surface area contributed by atoms with Crippen molar-refractivity contribution < 1.29 is 9.53 Å². The highest BCUT2D eigenvalue weighted by atomic mass is 16.5. The second-order valence-electron chi connectivity index (χ2n) is 6.93. The zero-order chi connectivity index (χ0) is 18.5. The normalized spacial score (nSPS) is 16.4. The predicted molar refractivity (Wildman–Crippen MR) is 106 cm³/mol. The summed E-state index contributed by atoms with van der Waals surface area (Å²) in [6, 6.07) is 13.9. The first kappa shape index (κ1) is 18.1. The number of aryl methyl sites for hydroxylation is 2. The maximum atomic E-state index is 12.1. The van der Waals surface area contributed by atoms with Crippen LogP contribution in [-0.2, 0) is 0 Å². The molecule has 5 nitrogen and oxygen atoms in total. The number of urea groups is 1. The number of nitrogens with one attached hydrogen (secondary N) is 2. The average molecular weight is 353 g/mol. The number of rotatable bonds is 5. The van der Waals surface area contributed by atoms with E-state index >= 15 is 0 Å². The minimum absolute atomic E-state index is 0.142. The van der Waals surface area contributed by atoms with E-state index in [1.165, 1.54) is 16.8 Å². The fourth-order valence-electron chi connectivity index (χ4n) is 3.26. The molecule has 1 aliphatic rings. The minimum atomic E-state index is -0.142. The lowest BCUT2D eigenvalue weighted by atomic mass is 10.1. The van der Waals surface area contributed by atoms with E-state index in [4.69, 9.17) is 4.74 Å². The molecule has 1 aliphatic heterocycles. The van der Waals surface area contributed by atoms with E-state index in [9.17, 15) is 4.79 Å². The Balaban J connectivity index is 1.46. The highest BCUT2D eigenvalue weighted by Gasteiger charge is 2.23. The molecule has 1 fully saturated rings. The zero-order valence-corrected chi connectivity index (χ0v) is 15.7. The Labute approximate surface area is 155 Å². The molecule has 1 saturated heterocycles. The topological polar surface area (TPSA) is 53.6 Å². The molecule has 2 amide bonds. The maximum Gasteiger partial charge on any atom is 0.319 e.